The lowest BCUT2D eigenvalue weighted by Gasteiger charge is -2.17. The van der Waals surface area contributed by atoms with Crippen LogP contribution in [-0.4, -0.2) is 34.4 Å². The first kappa shape index (κ1) is 18.1. The average molecular weight is 418 g/mol. The van der Waals surface area contributed by atoms with E-state index in [2.05, 4.69) is 15.9 Å². The van der Waals surface area contributed by atoms with E-state index in [9.17, 15) is 16.8 Å². The Morgan fingerprint density at radius 2 is 1.52 bits per heavy atom. The minimum atomic E-state index is -3.77. The molecule has 0 aliphatic carbocycles. The molecule has 23 heavy (non-hydrogen) atoms. The van der Waals surface area contributed by atoms with Crippen LogP contribution in [0.3, 0.4) is 0 Å². The second-order valence-electron chi connectivity index (χ2n) is 5.13. The van der Waals surface area contributed by atoms with Crippen molar-refractivity contribution >= 4 is 35.8 Å². The van der Waals surface area contributed by atoms with Crippen LogP contribution in [0.25, 0.3) is 0 Å². The van der Waals surface area contributed by atoms with E-state index in [0.29, 0.717) is 0 Å². The van der Waals surface area contributed by atoms with Gasteiger partial charge in [-0.2, -0.15) is 4.31 Å². The van der Waals surface area contributed by atoms with Crippen LogP contribution in [0.2, 0.25) is 0 Å². The highest BCUT2D eigenvalue weighted by molar-refractivity contribution is 9.10. The first-order chi connectivity index (χ1) is 10.6. The summed E-state index contributed by atoms with van der Waals surface area (Å²) < 4.78 is 50.5. The van der Waals surface area contributed by atoms with Gasteiger partial charge in [-0.1, -0.05) is 34.1 Å². The molecule has 0 N–H and O–H groups in total. The number of sulfonamides is 1. The molecule has 0 spiro atoms. The summed E-state index contributed by atoms with van der Waals surface area (Å²) in [6, 6.07) is 12.7. The molecule has 0 aliphatic heterocycles. The number of benzene rings is 2. The standard InChI is InChI=1S/C15H16BrNO4S2/c1-17(11-12-6-8-13(16)9-7-12)23(20,21)15-5-3-4-14(10-15)22(2,18)19/h3-10H,11H2,1-2H3. The van der Waals surface area contributed by atoms with Crippen molar-refractivity contribution in [2.75, 3.05) is 13.3 Å². The summed E-state index contributed by atoms with van der Waals surface area (Å²) in [6.07, 6.45) is 1.05. The van der Waals surface area contributed by atoms with Crippen LogP contribution in [0, 0.1) is 0 Å². The Balaban J connectivity index is 2.32. The number of halogens is 1. The summed E-state index contributed by atoms with van der Waals surface area (Å²) >= 11 is 3.33. The Hall–Kier alpha value is -1.22. The van der Waals surface area contributed by atoms with Crippen molar-refractivity contribution in [1.82, 2.24) is 4.31 Å². The summed E-state index contributed by atoms with van der Waals surface area (Å²) in [7, 11) is -5.77. The van der Waals surface area contributed by atoms with Crippen molar-refractivity contribution in [2.45, 2.75) is 16.3 Å². The molecule has 0 bridgehead atoms. The maximum atomic E-state index is 12.6. The zero-order valence-electron chi connectivity index (χ0n) is 12.6. The monoisotopic (exact) mass is 417 g/mol. The molecule has 0 saturated carbocycles. The number of nitrogens with zero attached hydrogens (tertiary/aromatic N) is 1. The van der Waals surface area contributed by atoms with Gasteiger partial charge in [0, 0.05) is 24.3 Å². The maximum Gasteiger partial charge on any atom is 0.243 e. The zero-order chi connectivity index (χ0) is 17.3. The van der Waals surface area contributed by atoms with E-state index in [-0.39, 0.29) is 16.3 Å². The number of hydrogen-bond donors (Lipinski definition) is 0. The largest absolute Gasteiger partial charge is 0.243 e. The Labute approximate surface area is 145 Å². The van der Waals surface area contributed by atoms with Gasteiger partial charge in [0.15, 0.2) is 9.84 Å². The van der Waals surface area contributed by atoms with Gasteiger partial charge in [0.2, 0.25) is 10.0 Å². The summed E-state index contributed by atoms with van der Waals surface area (Å²) in [6.45, 7) is 0.193. The van der Waals surface area contributed by atoms with Crippen LogP contribution in [-0.2, 0) is 26.4 Å². The molecule has 0 radical (unpaired) electrons. The number of hydrogen-bond acceptors (Lipinski definition) is 4. The molecule has 0 aliphatic rings. The van der Waals surface area contributed by atoms with Gasteiger partial charge < -0.3 is 0 Å². The minimum absolute atomic E-state index is 0.0179. The van der Waals surface area contributed by atoms with Gasteiger partial charge in [0.25, 0.3) is 0 Å². The van der Waals surface area contributed by atoms with Gasteiger partial charge in [-0.25, -0.2) is 16.8 Å². The molecule has 8 heteroatoms. The third-order valence-electron chi connectivity index (χ3n) is 3.26. The lowest BCUT2D eigenvalue weighted by molar-refractivity contribution is 0.466. The van der Waals surface area contributed by atoms with Crippen LogP contribution in [0.1, 0.15) is 5.56 Å². The van der Waals surface area contributed by atoms with Crippen LogP contribution >= 0.6 is 15.9 Å². The third kappa shape index (κ3) is 4.41. The second kappa shape index (κ2) is 6.72. The Morgan fingerprint density at radius 3 is 2.09 bits per heavy atom. The molecule has 0 aromatic heterocycles. The fraction of sp³-hybridized carbons (Fsp3) is 0.200. The highest BCUT2D eigenvalue weighted by Crippen LogP contribution is 2.21. The lowest BCUT2D eigenvalue weighted by Crippen LogP contribution is -2.26. The molecule has 0 fully saturated rings. The van der Waals surface area contributed by atoms with E-state index in [1.807, 2.05) is 24.3 Å². The fourth-order valence-electron chi connectivity index (χ4n) is 1.98. The van der Waals surface area contributed by atoms with Gasteiger partial charge >= 0.3 is 0 Å². The predicted octanol–water partition coefficient (Wildman–Crippen LogP) is 2.67. The summed E-state index contributed by atoms with van der Waals surface area (Å²) in [5, 5.41) is 0. The zero-order valence-corrected chi connectivity index (χ0v) is 15.8. The molecule has 0 heterocycles. The molecule has 124 valence electrons. The van der Waals surface area contributed by atoms with Crippen molar-refractivity contribution < 1.29 is 16.8 Å². The van der Waals surface area contributed by atoms with Crippen molar-refractivity contribution in [1.29, 1.82) is 0 Å². The van der Waals surface area contributed by atoms with E-state index < -0.39 is 19.9 Å². The van der Waals surface area contributed by atoms with E-state index in [4.69, 9.17) is 0 Å². The molecular weight excluding hydrogens is 402 g/mol. The van der Waals surface area contributed by atoms with Gasteiger partial charge in [-0.3, -0.25) is 0 Å². The predicted molar refractivity (Wildman–Crippen MR) is 92.3 cm³/mol. The van der Waals surface area contributed by atoms with E-state index in [1.165, 1.54) is 35.6 Å². The fourth-order valence-corrected chi connectivity index (χ4v) is 4.19. The molecule has 0 atom stereocenters. The first-order valence-electron chi connectivity index (χ1n) is 6.61. The average Bonchev–Trinajstić information content (AvgIpc) is 2.49. The van der Waals surface area contributed by atoms with E-state index >= 15 is 0 Å². The molecular formula is C15H16BrNO4S2. The topological polar surface area (TPSA) is 71.5 Å². The third-order valence-corrected chi connectivity index (χ3v) is 6.70. The van der Waals surface area contributed by atoms with Gasteiger partial charge in [-0.05, 0) is 35.9 Å². The maximum absolute atomic E-state index is 12.6. The highest BCUT2D eigenvalue weighted by atomic mass is 79.9. The Kier molecular flexibility index (Phi) is 5.30. The molecule has 0 saturated heterocycles. The van der Waals surface area contributed by atoms with Crippen LogP contribution in [0.4, 0.5) is 0 Å². The normalized spacial score (nSPS) is 12.5. The Morgan fingerprint density at radius 1 is 0.957 bits per heavy atom. The molecule has 2 aromatic carbocycles. The van der Waals surface area contributed by atoms with Crippen molar-refractivity contribution in [3.8, 4) is 0 Å². The quantitative estimate of drug-likeness (QED) is 0.749. The van der Waals surface area contributed by atoms with Crippen molar-refractivity contribution in [2.24, 2.45) is 0 Å². The smallest absolute Gasteiger partial charge is 0.224 e. The SMILES string of the molecule is CN(Cc1ccc(Br)cc1)S(=O)(=O)c1cccc(S(C)(=O)=O)c1. The van der Waals surface area contributed by atoms with E-state index in [1.54, 1.807) is 0 Å². The van der Waals surface area contributed by atoms with Gasteiger partial charge in [-0.15, -0.1) is 0 Å². The van der Waals surface area contributed by atoms with Crippen molar-refractivity contribution in [3.05, 3.63) is 58.6 Å². The Bertz CT molecular complexity index is 907. The lowest BCUT2D eigenvalue weighted by atomic mass is 10.2. The molecule has 5 nitrogen and oxygen atoms in total. The summed E-state index contributed by atoms with van der Waals surface area (Å²) in [5.41, 5.74) is 0.832. The van der Waals surface area contributed by atoms with Crippen LogP contribution in [0.15, 0.2) is 62.8 Å². The summed E-state index contributed by atoms with van der Waals surface area (Å²) in [4.78, 5) is -0.0596. The highest BCUT2D eigenvalue weighted by Gasteiger charge is 2.22. The first-order valence-corrected chi connectivity index (χ1v) is 10.7. The van der Waals surface area contributed by atoms with Gasteiger partial charge in [0.05, 0.1) is 9.79 Å². The van der Waals surface area contributed by atoms with E-state index in [0.717, 1.165) is 16.3 Å². The number of sulfone groups is 1. The van der Waals surface area contributed by atoms with Crippen LogP contribution in [0.5, 0.6) is 0 Å². The molecule has 0 amide bonds. The summed E-state index contributed by atoms with van der Waals surface area (Å²) in [5.74, 6) is 0. The molecule has 0 unspecified atom stereocenters. The van der Waals surface area contributed by atoms with Gasteiger partial charge in [0.1, 0.15) is 0 Å². The van der Waals surface area contributed by atoms with Crippen LogP contribution < -0.4 is 0 Å². The van der Waals surface area contributed by atoms with Crippen molar-refractivity contribution in [3.63, 3.8) is 0 Å². The minimum Gasteiger partial charge on any atom is -0.224 e. The molecule has 2 rings (SSSR count). The number of rotatable bonds is 5. The molecule has 2 aromatic rings. The second-order valence-corrected chi connectivity index (χ2v) is 10.1.